The average Bonchev–Trinajstić information content (AvgIpc) is 3.30. The Kier molecular flexibility index (Phi) is 7.85. The van der Waals surface area contributed by atoms with Crippen molar-refractivity contribution in [1.82, 2.24) is 23.1 Å². The maximum Gasteiger partial charge on any atom is 0.332 e. The predicted molar refractivity (Wildman–Crippen MR) is 143 cm³/mol. The van der Waals surface area contributed by atoms with Gasteiger partial charge in [-0.3, -0.25) is 23.3 Å². The summed E-state index contributed by atoms with van der Waals surface area (Å²) in [5, 5.41) is 11.3. The van der Waals surface area contributed by atoms with E-state index in [-0.39, 0.29) is 41.5 Å². The summed E-state index contributed by atoms with van der Waals surface area (Å²) in [6, 6.07) is 7.37. The first-order chi connectivity index (χ1) is 17.9. The molecule has 0 fully saturated rings. The zero-order valence-electron chi connectivity index (χ0n) is 22.0. The lowest BCUT2D eigenvalue weighted by atomic mass is 10.1. The molecule has 1 N–H and O–H groups in total. The summed E-state index contributed by atoms with van der Waals surface area (Å²) in [6.07, 6.45) is 4.20. The zero-order chi connectivity index (χ0) is 26.7. The lowest BCUT2D eigenvalue weighted by Gasteiger charge is -2.15. The number of aromatic nitrogens is 5. The van der Waals surface area contributed by atoms with Crippen molar-refractivity contribution >= 4 is 16.9 Å². The molecule has 0 unspecified atom stereocenters. The minimum absolute atomic E-state index is 0.0710. The van der Waals surface area contributed by atoms with Crippen LogP contribution in [0.3, 0.4) is 0 Å². The number of benzene rings is 1. The molecule has 0 atom stereocenters. The van der Waals surface area contributed by atoms with E-state index in [1.807, 2.05) is 38.1 Å². The van der Waals surface area contributed by atoms with E-state index in [2.05, 4.69) is 11.9 Å². The highest BCUT2D eigenvalue weighted by Gasteiger charge is 2.25. The normalized spacial score (nSPS) is 11.6. The average molecular weight is 510 g/mol. The lowest BCUT2D eigenvalue weighted by molar-refractivity contribution is 0.409. The molecule has 3 heterocycles. The fraction of sp³-hybridized carbons (Fsp3) is 0.481. The molecule has 0 aliphatic heterocycles. The minimum Gasteiger partial charge on any atom is -0.497 e. The molecule has 0 radical (unpaired) electrons. The second kappa shape index (κ2) is 11.1. The Morgan fingerprint density at radius 2 is 1.54 bits per heavy atom. The van der Waals surface area contributed by atoms with Gasteiger partial charge in [0.1, 0.15) is 5.75 Å². The van der Waals surface area contributed by atoms with Crippen molar-refractivity contribution in [2.45, 2.75) is 78.9 Å². The van der Waals surface area contributed by atoms with Crippen LogP contribution in [0.15, 0.2) is 38.6 Å². The number of aryl methyl sites for hydroxylation is 1. The summed E-state index contributed by atoms with van der Waals surface area (Å²) in [5.41, 5.74) is -0.132. The van der Waals surface area contributed by atoms with Gasteiger partial charge in [0.15, 0.2) is 11.2 Å². The smallest absolute Gasteiger partial charge is 0.332 e. The van der Waals surface area contributed by atoms with Gasteiger partial charge in [-0.15, -0.1) is 0 Å². The van der Waals surface area contributed by atoms with Gasteiger partial charge in [-0.05, 0) is 43.4 Å². The summed E-state index contributed by atoms with van der Waals surface area (Å²) in [7, 11) is 1.59. The van der Waals surface area contributed by atoms with Crippen LogP contribution in [0.1, 0.15) is 64.0 Å². The van der Waals surface area contributed by atoms with Crippen molar-refractivity contribution in [2.75, 3.05) is 7.11 Å². The molecule has 3 aromatic heterocycles. The number of nitrogens with zero attached hydrogens (tertiary/aromatic N) is 5. The van der Waals surface area contributed by atoms with E-state index in [0.717, 1.165) is 24.8 Å². The molecule has 0 amide bonds. The van der Waals surface area contributed by atoms with Crippen LogP contribution in [0.4, 0.5) is 0 Å². The highest BCUT2D eigenvalue weighted by atomic mass is 16.5. The monoisotopic (exact) mass is 509 g/mol. The van der Waals surface area contributed by atoms with E-state index in [4.69, 9.17) is 4.74 Å². The second-order valence-corrected chi connectivity index (χ2v) is 9.31. The van der Waals surface area contributed by atoms with E-state index >= 15 is 0 Å². The predicted octanol–water partition coefficient (Wildman–Crippen LogP) is 3.29. The van der Waals surface area contributed by atoms with Crippen molar-refractivity contribution in [1.29, 1.82) is 0 Å². The molecule has 0 saturated carbocycles. The molecule has 198 valence electrons. The quantitative estimate of drug-likeness (QED) is 0.311. The molecular formula is C27H35N5O5. The molecule has 37 heavy (non-hydrogen) atoms. The Bertz CT molecular complexity index is 1590. The number of hydrogen-bond acceptors (Lipinski definition) is 6. The number of rotatable bonds is 11. The molecule has 0 saturated heterocycles. The Morgan fingerprint density at radius 1 is 0.865 bits per heavy atom. The molecule has 0 aliphatic rings. The first-order valence-corrected chi connectivity index (χ1v) is 13.0. The van der Waals surface area contributed by atoms with E-state index in [1.165, 1.54) is 13.5 Å². The molecule has 10 heteroatoms. The summed E-state index contributed by atoms with van der Waals surface area (Å²) in [6.45, 7) is 6.70. The van der Waals surface area contributed by atoms with E-state index in [9.17, 15) is 19.5 Å². The van der Waals surface area contributed by atoms with Gasteiger partial charge in [-0.25, -0.2) is 9.20 Å². The van der Waals surface area contributed by atoms with E-state index in [1.54, 1.807) is 11.7 Å². The molecule has 4 aromatic rings. The first kappa shape index (κ1) is 26.2. The Morgan fingerprint density at radius 3 is 2.16 bits per heavy atom. The van der Waals surface area contributed by atoms with E-state index < -0.39 is 16.8 Å². The fourth-order valence-electron chi connectivity index (χ4n) is 4.77. The SMILES string of the molecule is CCCCCc1c(O)n(Cc2ccc(OC)cc2)c2nc3c(c(=O)n(CCC)c(=O)n3CCC)n2c1=O. The molecule has 1 aromatic carbocycles. The number of unbranched alkanes of at least 4 members (excludes halogenated alkanes) is 2. The van der Waals surface area contributed by atoms with E-state index in [0.29, 0.717) is 31.6 Å². The second-order valence-electron chi connectivity index (χ2n) is 9.31. The molecular weight excluding hydrogens is 474 g/mol. The van der Waals surface area contributed by atoms with Crippen molar-refractivity contribution in [2.24, 2.45) is 0 Å². The van der Waals surface area contributed by atoms with Crippen LogP contribution in [0, 0.1) is 0 Å². The minimum atomic E-state index is -0.542. The third-order valence-corrected chi connectivity index (χ3v) is 6.66. The molecule has 0 aliphatic carbocycles. The van der Waals surface area contributed by atoms with Gasteiger partial charge in [0, 0.05) is 13.1 Å². The number of imidazole rings is 1. The molecule has 10 nitrogen and oxygen atoms in total. The van der Waals surface area contributed by atoms with Gasteiger partial charge in [0.25, 0.3) is 11.1 Å². The maximum absolute atomic E-state index is 13.8. The third-order valence-electron chi connectivity index (χ3n) is 6.66. The fourth-order valence-corrected chi connectivity index (χ4v) is 4.77. The van der Waals surface area contributed by atoms with Crippen molar-refractivity contribution < 1.29 is 9.84 Å². The molecule has 0 spiro atoms. The number of methoxy groups -OCH3 is 1. The highest BCUT2D eigenvalue weighted by Crippen LogP contribution is 2.24. The highest BCUT2D eigenvalue weighted by molar-refractivity contribution is 5.75. The van der Waals surface area contributed by atoms with Crippen LogP contribution >= 0.6 is 0 Å². The largest absolute Gasteiger partial charge is 0.497 e. The summed E-state index contributed by atoms with van der Waals surface area (Å²) < 4.78 is 10.7. The van der Waals surface area contributed by atoms with Gasteiger partial charge in [-0.2, -0.15) is 4.98 Å². The van der Waals surface area contributed by atoms with Gasteiger partial charge in [0.2, 0.25) is 11.7 Å². The third kappa shape index (κ3) is 4.68. The van der Waals surface area contributed by atoms with Crippen molar-refractivity contribution in [3.05, 3.63) is 66.6 Å². The number of aromatic hydroxyl groups is 1. The van der Waals surface area contributed by atoms with Gasteiger partial charge < -0.3 is 9.84 Å². The topological polar surface area (TPSA) is 113 Å². The summed E-state index contributed by atoms with van der Waals surface area (Å²) in [5.74, 6) is 0.658. The van der Waals surface area contributed by atoms with Crippen LogP contribution < -0.4 is 21.5 Å². The van der Waals surface area contributed by atoms with Crippen molar-refractivity contribution in [3.8, 4) is 11.6 Å². The maximum atomic E-state index is 13.8. The lowest BCUT2D eigenvalue weighted by Crippen LogP contribution is -2.41. The van der Waals surface area contributed by atoms with Gasteiger partial charge in [-0.1, -0.05) is 45.7 Å². The summed E-state index contributed by atoms with van der Waals surface area (Å²) in [4.78, 5) is 45.2. The number of ether oxygens (including phenoxy) is 1. The first-order valence-electron chi connectivity index (χ1n) is 13.0. The van der Waals surface area contributed by atoms with Crippen LogP contribution in [0.2, 0.25) is 0 Å². The van der Waals surface area contributed by atoms with Crippen molar-refractivity contribution in [3.63, 3.8) is 0 Å². The Hall–Kier alpha value is -3.82. The summed E-state index contributed by atoms with van der Waals surface area (Å²) >= 11 is 0. The van der Waals surface area contributed by atoms with Crippen LogP contribution in [-0.4, -0.2) is 35.3 Å². The van der Waals surface area contributed by atoms with Crippen LogP contribution in [0.25, 0.3) is 16.9 Å². The standard InChI is InChI=1S/C27H35N5O5/c1-5-8-9-10-20-23(33)31(17-18-11-13-19(37-4)14-12-18)26-28-22-21(32(26)24(20)34)25(35)30(16-7-3)27(36)29(22)15-6-2/h11-14,33H,5-10,15-17H2,1-4H3. The number of fused-ring (bicyclic) bond motifs is 3. The number of hydrogen-bond donors (Lipinski definition) is 1. The van der Waals surface area contributed by atoms with Gasteiger partial charge >= 0.3 is 5.69 Å². The zero-order valence-corrected chi connectivity index (χ0v) is 22.0. The van der Waals surface area contributed by atoms with Gasteiger partial charge in [0.05, 0.1) is 19.2 Å². The Labute approximate surface area is 214 Å². The van der Waals surface area contributed by atoms with Crippen LogP contribution in [0.5, 0.6) is 11.6 Å². The molecule has 0 bridgehead atoms. The molecule has 4 rings (SSSR count). The van der Waals surface area contributed by atoms with Crippen LogP contribution in [-0.2, 0) is 26.1 Å². The Balaban J connectivity index is 2.10.